The monoisotopic (exact) mass is 396 g/mol. The first-order valence-corrected chi connectivity index (χ1v) is 8.25. The van der Waals surface area contributed by atoms with Gasteiger partial charge in [-0.1, -0.05) is 50.1 Å². The third-order valence-electron chi connectivity index (χ3n) is 3.53. The Morgan fingerprint density at radius 3 is 2.45 bits per heavy atom. The SMILES string of the molecule is COc1ccc(Br)c(C(Br)Cc2ccc(C)c(C)c2)c1. The third-order valence-corrected chi connectivity index (χ3v) is 5.07. The molecule has 0 saturated carbocycles. The summed E-state index contributed by atoms with van der Waals surface area (Å²) in [6, 6.07) is 12.7. The van der Waals surface area contributed by atoms with Crippen molar-refractivity contribution in [3.8, 4) is 5.75 Å². The van der Waals surface area contributed by atoms with E-state index < -0.39 is 0 Å². The Bertz CT molecular complexity index is 608. The fourth-order valence-corrected chi connectivity index (χ4v) is 3.72. The van der Waals surface area contributed by atoms with Crippen LogP contribution in [-0.2, 0) is 6.42 Å². The Labute approximate surface area is 137 Å². The number of benzene rings is 2. The van der Waals surface area contributed by atoms with Crippen LogP contribution < -0.4 is 4.74 Å². The normalized spacial score (nSPS) is 12.2. The quantitative estimate of drug-likeness (QED) is 0.596. The highest BCUT2D eigenvalue weighted by Gasteiger charge is 2.13. The molecule has 2 aromatic carbocycles. The second-order valence-corrected chi connectivity index (χ2v) is 6.94. The Morgan fingerprint density at radius 2 is 1.80 bits per heavy atom. The average molecular weight is 398 g/mol. The molecule has 0 radical (unpaired) electrons. The molecule has 0 spiro atoms. The van der Waals surface area contributed by atoms with E-state index in [1.165, 1.54) is 22.3 Å². The van der Waals surface area contributed by atoms with Gasteiger partial charge >= 0.3 is 0 Å². The van der Waals surface area contributed by atoms with Crippen molar-refractivity contribution in [3.63, 3.8) is 0 Å². The Morgan fingerprint density at radius 1 is 1.05 bits per heavy atom. The zero-order valence-electron chi connectivity index (χ0n) is 11.9. The Hall–Kier alpha value is -0.800. The van der Waals surface area contributed by atoms with E-state index >= 15 is 0 Å². The van der Waals surface area contributed by atoms with Gasteiger partial charge in [-0.2, -0.15) is 0 Å². The maximum absolute atomic E-state index is 5.30. The highest BCUT2D eigenvalue weighted by Crippen LogP contribution is 2.35. The molecule has 3 heteroatoms. The van der Waals surface area contributed by atoms with Crippen LogP contribution in [-0.4, -0.2) is 7.11 Å². The summed E-state index contributed by atoms with van der Waals surface area (Å²) in [4.78, 5) is 0.258. The summed E-state index contributed by atoms with van der Waals surface area (Å²) >= 11 is 7.41. The number of alkyl halides is 1. The number of halogens is 2. The van der Waals surface area contributed by atoms with E-state index in [-0.39, 0.29) is 4.83 Å². The van der Waals surface area contributed by atoms with Crippen molar-refractivity contribution in [3.05, 3.63) is 63.1 Å². The van der Waals surface area contributed by atoms with Gasteiger partial charge in [0.2, 0.25) is 0 Å². The lowest BCUT2D eigenvalue weighted by Crippen LogP contribution is -1.98. The number of aryl methyl sites for hydroxylation is 2. The van der Waals surface area contributed by atoms with Crippen molar-refractivity contribution >= 4 is 31.9 Å². The minimum atomic E-state index is 0.258. The van der Waals surface area contributed by atoms with Crippen molar-refractivity contribution in [1.29, 1.82) is 0 Å². The van der Waals surface area contributed by atoms with Gasteiger partial charge in [-0.25, -0.2) is 0 Å². The first-order chi connectivity index (χ1) is 9.51. The van der Waals surface area contributed by atoms with Crippen LogP contribution in [0.4, 0.5) is 0 Å². The first kappa shape index (κ1) is 15.6. The molecule has 0 saturated heterocycles. The van der Waals surface area contributed by atoms with E-state index in [9.17, 15) is 0 Å². The lowest BCUT2D eigenvalue weighted by molar-refractivity contribution is 0.414. The van der Waals surface area contributed by atoms with E-state index in [1.807, 2.05) is 12.1 Å². The molecule has 0 bridgehead atoms. The van der Waals surface area contributed by atoms with Crippen LogP contribution in [0.15, 0.2) is 40.9 Å². The molecule has 1 unspecified atom stereocenters. The topological polar surface area (TPSA) is 9.23 Å². The van der Waals surface area contributed by atoms with E-state index in [2.05, 4.69) is 70.0 Å². The van der Waals surface area contributed by atoms with Crippen molar-refractivity contribution in [2.24, 2.45) is 0 Å². The fourth-order valence-electron chi connectivity index (χ4n) is 2.14. The van der Waals surface area contributed by atoms with Crippen molar-refractivity contribution < 1.29 is 4.74 Å². The van der Waals surface area contributed by atoms with E-state index in [1.54, 1.807) is 7.11 Å². The zero-order chi connectivity index (χ0) is 14.7. The predicted octanol–water partition coefficient (Wildman–Crippen LogP) is 5.75. The van der Waals surface area contributed by atoms with Gasteiger partial charge < -0.3 is 4.74 Å². The summed E-state index contributed by atoms with van der Waals surface area (Å²) in [6.45, 7) is 4.30. The summed E-state index contributed by atoms with van der Waals surface area (Å²) in [7, 11) is 1.69. The molecule has 1 nitrogen and oxygen atoms in total. The predicted molar refractivity (Wildman–Crippen MR) is 92.0 cm³/mol. The second-order valence-electron chi connectivity index (χ2n) is 4.98. The fraction of sp³-hybridized carbons (Fsp3) is 0.294. The van der Waals surface area contributed by atoms with Crippen molar-refractivity contribution in [2.75, 3.05) is 7.11 Å². The number of rotatable bonds is 4. The van der Waals surface area contributed by atoms with E-state index in [0.29, 0.717) is 0 Å². The highest BCUT2D eigenvalue weighted by atomic mass is 79.9. The van der Waals surface area contributed by atoms with Gasteiger partial charge in [0.25, 0.3) is 0 Å². The van der Waals surface area contributed by atoms with Gasteiger partial charge in [-0.05, 0) is 60.7 Å². The van der Waals surface area contributed by atoms with Gasteiger partial charge in [0.1, 0.15) is 5.75 Å². The molecule has 106 valence electrons. The van der Waals surface area contributed by atoms with Crippen LogP contribution in [0.3, 0.4) is 0 Å². The van der Waals surface area contributed by atoms with Gasteiger partial charge in [-0.15, -0.1) is 0 Å². The molecule has 1 atom stereocenters. The molecule has 0 aliphatic rings. The molecule has 0 aliphatic heterocycles. The molecule has 2 rings (SSSR count). The maximum atomic E-state index is 5.30. The number of hydrogen-bond acceptors (Lipinski definition) is 1. The average Bonchev–Trinajstić information content (AvgIpc) is 2.43. The molecule has 0 N–H and O–H groups in total. The molecule has 0 aromatic heterocycles. The Kier molecular flexibility index (Phi) is 5.28. The molecule has 0 amide bonds. The minimum Gasteiger partial charge on any atom is -0.497 e. The molecule has 20 heavy (non-hydrogen) atoms. The second kappa shape index (κ2) is 6.77. The lowest BCUT2D eigenvalue weighted by Gasteiger charge is -2.14. The standard InChI is InChI=1S/C17H18Br2O/c1-11-4-5-13(8-12(11)2)9-17(19)15-10-14(20-3)6-7-16(15)18/h4-8,10,17H,9H2,1-3H3. The maximum Gasteiger partial charge on any atom is 0.119 e. The van der Waals surface area contributed by atoms with Crippen molar-refractivity contribution in [1.82, 2.24) is 0 Å². The summed E-state index contributed by atoms with van der Waals surface area (Å²) < 4.78 is 6.40. The largest absolute Gasteiger partial charge is 0.497 e. The number of hydrogen-bond donors (Lipinski definition) is 0. The molecule has 0 aliphatic carbocycles. The summed E-state index contributed by atoms with van der Waals surface area (Å²) in [5, 5.41) is 0. The van der Waals surface area contributed by atoms with Crippen LogP contribution in [0.1, 0.15) is 27.1 Å². The van der Waals surface area contributed by atoms with Crippen LogP contribution in [0.2, 0.25) is 0 Å². The molecular formula is C17H18Br2O. The van der Waals surface area contributed by atoms with Crippen molar-refractivity contribution in [2.45, 2.75) is 25.1 Å². The van der Waals surface area contributed by atoms with Gasteiger partial charge in [-0.3, -0.25) is 0 Å². The van der Waals surface area contributed by atoms with Gasteiger partial charge in [0, 0.05) is 9.30 Å². The summed E-state index contributed by atoms with van der Waals surface area (Å²) in [6.07, 6.45) is 0.951. The highest BCUT2D eigenvalue weighted by molar-refractivity contribution is 9.11. The van der Waals surface area contributed by atoms with Crippen LogP contribution in [0.5, 0.6) is 5.75 Å². The lowest BCUT2D eigenvalue weighted by atomic mass is 10.0. The van der Waals surface area contributed by atoms with E-state index in [0.717, 1.165) is 16.6 Å². The first-order valence-electron chi connectivity index (χ1n) is 6.55. The van der Waals surface area contributed by atoms with Crippen LogP contribution in [0, 0.1) is 13.8 Å². The van der Waals surface area contributed by atoms with Crippen LogP contribution >= 0.6 is 31.9 Å². The smallest absolute Gasteiger partial charge is 0.119 e. The Balaban J connectivity index is 2.23. The molecule has 2 aromatic rings. The summed E-state index contributed by atoms with van der Waals surface area (Å²) in [5.41, 5.74) is 5.22. The zero-order valence-corrected chi connectivity index (χ0v) is 15.1. The number of methoxy groups -OCH3 is 1. The van der Waals surface area contributed by atoms with E-state index in [4.69, 9.17) is 4.74 Å². The number of ether oxygens (including phenoxy) is 1. The summed E-state index contributed by atoms with van der Waals surface area (Å²) in [5.74, 6) is 0.882. The molecule has 0 fully saturated rings. The van der Waals surface area contributed by atoms with Gasteiger partial charge in [0.15, 0.2) is 0 Å². The van der Waals surface area contributed by atoms with Crippen LogP contribution in [0.25, 0.3) is 0 Å². The minimum absolute atomic E-state index is 0.258. The third kappa shape index (κ3) is 3.64. The van der Waals surface area contributed by atoms with Gasteiger partial charge in [0.05, 0.1) is 7.11 Å². The molecular weight excluding hydrogens is 380 g/mol. The molecule has 0 heterocycles.